The number of carbonyl (C=O) groups is 1. The Morgan fingerprint density at radius 2 is 1.62 bits per heavy atom. The number of carboxylic acid groups (broad SMARTS) is 1. The Hall–Kier alpha value is -2.34. The first-order valence-electron chi connectivity index (χ1n) is 10.8. The van der Waals surface area contributed by atoms with Crippen LogP contribution >= 0.6 is 23.2 Å². The Kier molecular flexibility index (Phi) is 7.07. The topological polar surface area (TPSA) is 58.6 Å². The first-order chi connectivity index (χ1) is 17.1. The van der Waals surface area contributed by atoms with Crippen molar-refractivity contribution in [3.05, 3.63) is 74.5 Å². The van der Waals surface area contributed by atoms with E-state index < -0.39 is 39.6 Å². The van der Waals surface area contributed by atoms with Crippen molar-refractivity contribution in [2.24, 2.45) is 0 Å². The third-order valence-electron chi connectivity index (χ3n) is 6.80. The number of rotatable bonds is 2. The van der Waals surface area contributed by atoms with E-state index >= 15 is 0 Å². The number of halogens is 9. The SMILES string of the molecule is Fc1c(Cl)cc(C2(C(F)(F)F)CC=C(c3ccc4c(c3)COC43CNC3)C2)cc1Cl.O=C(O)C(F)(F)F. The van der Waals surface area contributed by atoms with Gasteiger partial charge in [0.25, 0.3) is 0 Å². The summed E-state index contributed by atoms with van der Waals surface area (Å²) in [5.74, 6) is -3.67. The van der Waals surface area contributed by atoms with Gasteiger partial charge in [0.15, 0.2) is 5.82 Å². The maximum Gasteiger partial charge on any atom is 0.490 e. The predicted octanol–water partition coefficient (Wildman–Crippen LogP) is 6.77. The molecular weight excluding hydrogens is 554 g/mol. The van der Waals surface area contributed by atoms with Crippen LogP contribution in [0.2, 0.25) is 10.0 Å². The Balaban J connectivity index is 0.000000405. The van der Waals surface area contributed by atoms with Crippen molar-refractivity contribution in [2.45, 2.75) is 42.8 Å². The molecule has 2 aliphatic heterocycles. The Bertz CT molecular complexity index is 1250. The minimum atomic E-state index is -5.08. The molecule has 1 aliphatic carbocycles. The average molecular weight is 572 g/mol. The standard InChI is InChI=1S/C22H17Cl2F4NO.C2HF3O2/c23-17-6-15(7-18(24)19(17)25)20(22(26,27)28)4-3-13(8-20)12-1-2-16-14(5-12)9-30-21(16)10-29-11-21;3-2(4,5)1(6)7/h1-3,5-7,29H,4,8-11H2;(H,6,7). The maximum absolute atomic E-state index is 14.3. The summed E-state index contributed by atoms with van der Waals surface area (Å²) in [7, 11) is 0. The van der Waals surface area contributed by atoms with Gasteiger partial charge in [-0.25, -0.2) is 9.18 Å². The normalized spacial score (nSPS) is 22.1. The average Bonchev–Trinajstić information content (AvgIpc) is 3.39. The quantitative estimate of drug-likeness (QED) is 0.308. The van der Waals surface area contributed by atoms with Gasteiger partial charge in [-0.2, -0.15) is 26.3 Å². The first kappa shape index (κ1) is 27.7. The van der Waals surface area contributed by atoms with Crippen molar-refractivity contribution in [3.8, 4) is 0 Å². The number of nitrogens with one attached hydrogen (secondary N) is 1. The zero-order valence-electron chi connectivity index (χ0n) is 18.7. The molecule has 1 atom stereocenters. The molecule has 0 radical (unpaired) electrons. The lowest BCUT2D eigenvalue weighted by Crippen LogP contribution is -2.56. The minimum Gasteiger partial charge on any atom is -0.475 e. The number of hydrogen-bond donors (Lipinski definition) is 2. The highest BCUT2D eigenvalue weighted by atomic mass is 35.5. The summed E-state index contributed by atoms with van der Waals surface area (Å²) in [6.07, 6.45) is -8.55. The number of fused-ring (bicyclic) bond motifs is 2. The highest BCUT2D eigenvalue weighted by Gasteiger charge is 2.57. The maximum atomic E-state index is 14.3. The molecule has 1 saturated heterocycles. The summed E-state index contributed by atoms with van der Waals surface area (Å²) < 4.78 is 94.4. The van der Waals surface area contributed by atoms with Gasteiger partial charge >= 0.3 is 18.3 Å². The van der Waals surface area contributed by atoms with Crippen molar-refractivity contribution >= 4 is 34.7 Å². The van der Waals surface area contributed by atoms with Crippen LogP contribution in [0.5, 0.6) is 0 Å². The molecule has 200 valence electrons. The number of ether oxygens (including phenoxy) is 1. The number of carboxylic acids is 1. The minimum absolute atomic E-state index is 0.123. The van der Waals surface area contributed by atoms with Crippen LogP contribution in [0.1, 0.15) is 35.1 Å². The molecule has 1 spiro atoms. The van der Waals surface area contributed by atoms with Crippen LogP contribution in [-0.4, -0.2) is 36.5 Å². The molecule has 0 amide bonds. The van der Waals surface area contributed by atoms with Crippen LogP contribution < -0.4 is 5.32 Å². The van der Waals surface area contributed by atoms with E-state index in [0.29, 0.717) is 12.2 Å². The lowest BCUT2D eigenvalue weighted by molar-refractivity contribution is -0.192. The van der Waals surface area contributed by atoms with Crippen LogP contribution in [0.15, 0.2) is 36.4 Å². The molecule has 5 rings (SSSR count). The first-order valence-corrected chi connectivity index (χ1v) is 11.5. The summed E-state index contributed by atoms with van der Waals surface area (Å²) in [6.45, 7) is 1.93. The van der Waals surface area contributed by atoms with E-state index in [4.69, 9.17) is 37.8 Å². The van der Waals surface area contributed by atoms with Gasteiger partial charge in [-0.3, -0.25) is 0 Å². The van der Waals surface area contributed by atoms with Crippen molar-refractivity contribution in [3.63, 3.8) is 0 Å². The van der Waals surface area contributed by atoms with Gasteiger partial charge in [0.1, 0.15) is 5.60 Å². The fourth-order valence-electron chi connectivity index (χ4n) is 4.71. The second kappa shape index (κ2) is 9.44. The number of benzene rings is 2. The van der Waals surface area contributed by atoms with Gasteiger partial charge in [-0.15, -0.1) is 0 Å². The van der Waals surface area contributed by atoms with Crippen LogP contribution in [-0.2, 0) is 27.2 Å². The van der Waals surface area contributed by atoms with Crippen LogP contribution in [0.25, 0.3) is 5.57 Å². The largest absolute Gasteiger partial charge is 0.490 e. The molecular formula is C24H18Cl2F7NO3. The Morgan fingerprint density at radius 1 is 1.03 bits per heavy atom. The van der Waals surface area contributed by atoms with E-state index in [9.17, 15) is 30.7 Å². The van der Waals surface area contributed by atoms with Crippen LogP contribution in [0, 0.1) is 5.82 Å². The highest BCUT2D eigenvalue weighted by Crippen LogP contribution is 2.55. The van der Waals surface area contributed by atoms with E-state index in [2.05, 4.69) is 5.32 Å². The zero-order valence-corrected chi connectivity index (χ0v) is 20.2. The molecule has 1 unspecified atom stereocenters. The monoisotopic (exact) mass is 571 g/mol. The summed E-state index contributed by atoms with van der Waals surface area (Å²) in [5.41, 5.74) is 0.830. The molecule has 4 nitrogen and oxygen atoms in total. The second-order valence-corrected chi connectivity index (χ2v) is 9.82. The molecule has 13 heteroatoms. The number of hydrogen-bond acceptors (Lipinski definition) is 3. The van der Waals surface area contributed by atoms with Gasteiger partial charge in [0.2, 0.25) is 0 Å². The summed E-state index contributed by atoms with van der Waals surface area (Å²) in [4.78, 5) is 8.90. The van der Waals surface area contributed by atoms with Crippen LogP contribution in [0.4, 0.5) is 30.7 Å². The molecule has 0 bridgehead atoms. The molecule has 0 saturated carbocycles. The molecule has 2 aromatic rings. The van der Waals surface area contributed by atoms with Gasteiger partial charge in [-0.05, 0) is 58.9 Å². The lowest BCUT2D eigenvalue weighted by Gasteiger charge is -2.39. The molecule has 2 aromatic carbocycles. The molecule has 3 aliphatic rings. The van der Waals surface area contributed by atoms with Crippen molar-refractivity contribution < 1.29 is 45.4 Å². The fourth-order valence-corrected chi connectivity index (χ4v) is 5.20. The Labute approximate surface area is 216 Å². The summed E-state index contributed by atoms with van der Waals surface area (Å²) in [5, 5.41) is 9.50. The zero-order chi connectivity index (χ0) is 27.4. The van der Waals surface area contributed by atoms with E-state index in [0.717, 1.165) is 41.9 Å². The smallest absolute Gasteiger partial charge is 0.475 e. The van der Waals surface area contributed by atoms with E-state index in [1.165, 1.54) is 0 Å². The molecule has 1 fully saturated rings. The molecule has 37 heavy (non-hydrogen) atoms. The second-order valence-electron chi connectivity index (χ2n) is 9.01. The predicted molar refractivity (Wildman–Crippen MR) is 121 cm³/mol. The van der Waals surface area contributed by atoms with Gasteiger partial charge < -0.3 is 15.2 Å². The molecule has 0 aromatic heterocycles. The van der Waals surface area contributed by atoms with Gasteiger partial charge in [-0.1, -0.05) is 41.4 Å². The molecule has 2 heterocycles. The van der Waals surface area contributed by atoms with Gasteiger partial charge in [0.05, 0.1) is 22.1 Å². The third-order valence-corrected chi connectivity index (χ3v) is 7.35. The highest BCUT2D eigenvalue weighted by molar-refractivity contribution is 6.35. The van der Waals surface area contributed by atoms with Gasteiger partial charge in [0, 0.05) is 13.1 Å². The van der Waals surface area contributed by atoms with E-state index in [-0.39, 0.29) is 24.0 Å². The summed E-state index contributed by atoms with van der Waals surface area (Å²) in [6, 6.07) is 7.81. The van der Waals surface area contributed by atoms with E-state index in [1.807, 2.05) is 18.2 Å². The van der Waals surface area contributed by atoms with E-state index in [1.54, 1.807) is 6.08 Å². The molecule has 2 N–H and O–H groups in total. The number of allylic oxidation sites excluding steroid dienone is 2. The van der Waals surface area contributed by atoms with Crippen molar-refractivity contribution in [1.29, 1.82) is 0 Å². The summed E-state index contributed by atoms with van der Waals surface area (Å²) >= 11 is 11.6. The third kappa shape index (κ3) is 4.94. The Morgan fingerprint density at radius 3 is 2.11 bits per heavy atom. The van der Waals surface area contributed by atoms with Crippen molar-refractivity contribution in [1.82, 2.24) is 5.32 Å². The lowest BCUT2D eigenvalue weighted by atomic mass is 9.76. The number of aliphatic carboxylic acids is 1. The number of alkyl halides is 6. The van der Waals surface area contributed by atoms with Crippen LogP contribution in [0.3, 0.4) is 0 Å². The van der Waals surface area contributed by atoms with Crippen molar-refractivity contribution in [2.75, 3.05) is 13.1 Å². The fraction of sp³-hybridized carbons (Fsp3) is 0.375.